The highest BCUT2D eigenvalue weighted by Crippen LogP contribution is 2.38. The van der Waals surface area contributed by atoms with Crippen molar-refractivity contribution in [3.63, 3.8) is 0 Å². The van der Waals surface area contributed by atoms with E-state index in [0.717, 1.165) is 17.5 Å². The average molecular weight is 262 g/mol. The molecule has 1 aromatic carbocycles. The molecule has 0 aromatic heterocycles. The minimum Gasteiger partial charge on any atom is -0.495 e. The Kier molecular flexibility index (Phi) is 4.35. The number of aryl methyl sites for hydroxylation is 1. The van der Waals surface area contributed by atoms with Crippen LogP contribution in [0.5, 0.6) is 5.75 Å². The van der Waals surface area contributed by atoms with Gasteiger partial charge in [0.25, 0.3) is 0 Å². The molecule has 1 saturated carbocycles. The minimum atomic E-state index is 0.658. The van der Waals surface area contributed by atoms with Crippen molar-refractivity contribution in [1.82, 2.24) is 4.90 Å². The first kappa shape index (κ1) is 14.2. The molecular formula is C16H26N2O. The fraction of sp³-hybridized carbons (Fsp3) is 0.625. The van der Waals surface area contributed by atoms with E-state index in [1.807, 2.05) is 6.07 Å². The van der Waals surface area contributed by atoms with Crippen molar-refractivity contribution >= 4 is 5.69 Å². The fourth-order valence-electron chi connectivity index (χ4n) is 3.25. The van der Waals surface area contributed by atoms with Gasteiger partial charge in [-0.05, 0) is 75.9 Å². The van der Waals surface area contributed by atoms with E-state index in [-0.39, 0.29) is 0 Å². The number of hydrogen-bond donors (Lipinski definition) is 1. The molecule has 3 nitrogen and oxygen atoms in total. The predicted octanol–water partition coefficient (Wildman–Crippen LogP) is 3.17. The highest BCUT2D eigenvalue weighted by molar-refractivity contribution is 5.57. The van der Waals surface area contributed by atoms with E-state index in [4.69, 9.17) is 10.5 Å². The number of hydrogen-bond acceptors (Lipinski definition) is 3. The topological polar surface area (TPSA) is 38.5 Å². The SMILES string of the molecule is COc1cc(C2CCC(N(C)C)CC2)c(C)cc1N. The molecule has 0 atom stereocenters. The molecule has 0 heterocycles. The molecule has 0 bridgehead atoms. The van der Waals surface area contributed by atoms with Gasteiger partial charge in [-0.25, -0.2) is 0 Å². The lowest BCUT2D eigenvalue weighted by atomic mass is 9.80. The predicted molar refractivity (Wildman–Crippen MR) is 80.8 cm³/mol. The highest BCUT2D eigenvalue weighted by atomic mass is 16.5. The van der Waals surface area contributed by atoms with Gasteiger partial charge in [-0.2, -0.15) is 0 Å². The van der Waals surface area contributed by atoms with Crippen LogP contribution in [0.1, 0.15) is 42.7 Å². The van der Waals surface area contributed by atoms with E-state index in [9.17, 15) is 0 Å². The van der Waals surface area contributed by atoms with Gasteiger partial charge in [0, 0.05) is 6.04 Å². The molecule has 0 unspecified atom stereocenters. The number of nitrogen functional groups attached to an aromatic ring is 1. The minimum absolute atomic E-state index is 0.658. The molecule has 0 spiro atoms. The second-order valence-corrected chi connectivity index (χ2v) is 5.92. The molecule has 1 aliphatic rings. The van der Waals surface area contributed by atoms with Gasteiger partial charge in [-0.3, -0.25) is 0 Å². The number of benzene rings is 1. The zero-order chi connectivity index (χ0) is 14.0. The summed E-state index contributed by atoms with van der Waals surface area (Å²) in [7, 11) is 6.05. The van der Waals surface area contributed by atoms with E-state index < -0.39 is 0 Å². The lowest BCUT2D eigenvalue weighted by Gasteiger charge is -2.33. The Morgan fingerprint density at radius 1 is 1.16 bits per heavy atom. The van der Waals surface area contributed by atoms with E-state index in [2.05, 4.69) is 32.0 Å². The Labute approximate surface area is 116 Å². The smallest absolute Gasteiger partial charge is 0.142 e. The maximum Gasteiger partial charge on any atom is 0.142 e. The Morgan fingerprint density at radius 3 is 2.32 bits per heavy atom. The summed E-state index contributed by atoms with van der Waals surface area (Å²) in [4.78, 5) is 2.35. The third kappa shape index (κ3) is 3.03. The molecule has 0 amide bonds. The van der Waals surface area contributed by atoms with Gasteiger partial charge in [-0.1, -0.05) is 0 Å². The van der Waals surface area contributed by atoms with Gasteiger partial charge < -0.3 is 15.4 Å². The summed E-state index contributed by atoms with van der Waals surface area (Å²) in [6.45, 7) is 2.16. The van der Waals surface area contributed by atoms with Gasteiger partial charge in [-0.15, -0.1) is 0 Å². The van der Waals surface area contributed by atoms with E-state index >= 15 is 0 Å². The van der Waals surface area contributed by atoms with Gasteiger partial charge in [0.05, 0.1) is 12.8 Å². The second kappa shape index (κ2) is 5.83. The number of ether oxygens (including phenoxy) is 1. The number of rotatable bonds is 3. The van der Waals surface area contributed by atoms with Crippen molar-refractivity contribution in [3.8, 4) is 5.75 Å². The molecular weight excluding hydrogens is 236 g/mol. The van der Waals surface area contributed by atoms with Crippen molar-refractivity contribution in [2.45, 2.75) is 44.6 Å². The molecule has 0 radical (unpaired) electrons. The van der Waals surface area contributed by atoms with Gasteiger partial charge in [0.15, 0.2) is 0 Å². The third-order valence-corrected chi connectivity index (χ3v) is 4.49. The molecule has 2 rings (SSSR count). The van der Waals surface area contributed by atoms with Crippen LogP contribution in [0.2, 0.25) is 0 Å². The van der Waals surface area contributed by atoms with Crippen molar-refractivity contribution in [2.24, 2.45) is 0 Å². The number of nitrogens with zero attached hydrogens (tertiary/aromatic N) is 1. The van der Waals surface area contributed by atoms with Crippen LogP contribution in [0.3, 0.4) is 0 Å². The third-order valence-electron chi connectivity index (χ3n) is 4.49. The largest absolute Gasteiger partial charge is 0.495 e. The molecule has 0 saturated heterocycles. The summed E-state index contributed by atoms with van der Waals surface area (Å²) in [6, 6.07) is 4.93. The summed E-state index contributed by atoms with van der Waals surface area (Å²) < 4.78 is 5.36. The highest BCUT2D eigenvalue weighted by Gasteiger charge is 2.25. The number of methoxy groups -OCH3 is 1. The molecule has 1 fully saturated rings. The maximum atomic E-state index is 5.96. The van der Waals surface area contributed by atoms with Crippen LogP contribution in [0.15, 0.2) is 12.1 Å². The van der Waals surface area contributed by atoms with E-state index in [1.54, 1.807) is 7.11 Å². The number of anilines is 1. The molecule has 0 aliphatic heterocycles. The van der Waals surface area contributed by atoms with Gasteiger partial charge in [0.2, 0.25) is 0 Å². The Hall–Kier alpha value is -1.22. The Balaban J connectivity index is 2.15. The maximum absolute atomic E-state index is 5.96. The van der Waals surface area contributed by atoms with Crippen molar-refractivity contribution in [2.75, 3.05) is 26.9 Å². The zero-order valence-electron chi connectivity index (χ0n) is 12.6. The van der Waals surface area contributed by atoms with E-state index in [1.165, 1.54) is 36.8 Å². The standard InChI is InChI=1S/C16H26N2O/c1-11-9-15(17)16(19-4)10-14(11)12-5-7-13(8-6-12)18(2)3/h9-10,12-13H,5-8,17H2,1-4H3. The second-order valence-electron chi connectivity index (χ2n) is 5.92. The van der Waals surface area contributed by atoms with Crippen molar-refractivity contribution < 1.29 is 4.74 Å². The normalized spacial score (nSPS) is 23.6. The quantitative estimate of drug-likeness (QED) is 0.850. The first-order valence-electron chi connectivity index (χ1n) is 7.13. The lowest BCUT2D eigenvalue weighted by Crippen LogP contribution is -2.31. The summed E-state index contributed by atoms with van der Waals surface area (Å²) >= 11 is 0. The van der Waals surface area contributed by atoms with Gasteiger partial charge in [0.1, 0.15) is 5.75 Å². The average Bonchev–Trinajstić information content (AvgIpc) is 2.39. The summed E-state index contributed by atoms with van der Waals surface area (Å²) in [5.74, 6) is 1.47. The monoisotopic (exact) mass is 262 g/mol. The molecule has 1 aliphatic carbocycles. The van der Waals surface area contributed by atoms with Crippen LogP contribution in [0.4, 0.5) is 5.69 Å². The summed E-state index contributed by atoms with van der Waals surface area (Å²) in [5, 5.41) is 0. The molecule has 3 heteroatoms. The molecule has 106 valence electrons. The van der Waals surface area contributed by atoms with Crippen LogP contribution in [-0.2, 0) is 0 Å². The number of nitrogens with two attached hydrogens (primary N) is 1. The summed E-state index contributed by atoms with van der Waals surface area (Å²) in [5.41, 5.74) is 9.42. The zero-order valence-corrected chi connectivity index (χ0v) is 12.6. The lowest BCUT2D eigenvalue weighted by molar-refractivity contribution is 0.216. The van der Waals surface area contributed by atoms with Crippen LogP contribution in [0, 0.1) is 6.92 Å². The Bertz CT molecular complexity index is 435. The van der Waals surface area contributed by atoms with Crippen LogP contribution >= 0.6 is 0 Å². The van der Waals surface area contributed by atoms with Gasteiger partial charge >= 0.3 is 0 Å². The van der Waals surface area contributed by atoms with Crippen molar-refractivity contribution in [1.29, 1.82) is 0 Å². The first-order chi connectivity index (χ1) is 9.02. The first-order valence-corrected chi connectivity index (χ1v) is 7.13. The van der Waals surface area contributed by atoms with Crippen molar-refractivity contribution in [3.05, 3.63) is 23.3 Å². The molecule has 1 aromatic rings. The Morgan fingerprint density at radius 2 is 1.79 bits per heavy atom. The molecule has 2 N–H and O–H groups in total. The van der Waals surface area contributed by atoms with E-state index in [0.29, 0.717) is 5.92 Å². The molecule has 19 heavy (non-hydrogen) atoms. The summed E-state index contributed by atoms with van der Waals surface area (Å²) in [6.07, 6.45) is 5.08. The van der Waals surface area contributed by atoms with Crippen LogP contribution in [-0.4, -0.2) is 32.1 Å². The van der Waals surface area contributed by atoms with Crippen LogP contribution < -0.4 is 10.5 Å². The van der Waals surface area contributed by atoms with Crippen LogP contribution in [0.25, 0.3) is 0 Å². The fourth-order valence-corrected chi connectivity index (χ4v) is 3.25.